The van der Waals surface area contributed by atoms with Crippen molar-refractivity contribution in [1.29, 1.82) is 0 Å². The monoisotopic (exact) mass is 406 g/mol. The van der Waals surface area contributed by atoms with Crippen LogP contribution in [-0.4, -0.2) is 39.2 Å². The molecule has 0 radical (unpaired) electrons. The molecule has 10 heteroatoms. The lowest BCUT2D eigenvalue weighted by atomic mass is 10.2. The third kappa shape index (κ3) is 5.09. The van der Waals surface area contributed by atoms with E-state index in [1.807, 2.05) is 0 Å². The third-order valence-corrected chi connectivity index (χ3v) is 4.20. The molecule has 1 aromatic heterocycles. The van der Waals surface area contributed by atoms with Crippen LogP contribution in [0.1, 0.15) is 12.0 Å². The van der Waals surface area contributed by atoms with E-state index in [4.69, 9.17) is 0 Å². The Morgan fingerprint density at radius 3 is 2.59 bits per heavy atom. The number of carbonyl (C=O) groups excluding carboxylic acids is 1. The van der Waals surface area contributed by atoms with Crippen molar-refractivity contribution in [3.8, 4) is 5.75 Å². The molecule has 0 fully saturated rings. The molecule has 0 spiro atoms. The lowest BCUT2D eigenvalue weighted by Gasteiger charge is -2.20. The second kappa shape index (κ2) is 8.29. The molecule has 0 saturated carbocycles. The van der Waals surface area contributed by atoms with Gasteiger partial charge >= 0.3 is 6.36 Å². The molecule has 1 amide bonds. The summed E-state index contributed by atoms with van der Waals surface area (Å²) in [4.78, 5) is 26.0. The molecule has 152 valence electrons. The Morgan fingerprint density at radius 2 is 1.83 bits per heavy atom. The summed E-state index contributed by atoms with van der Waals surface area (Å²) in [7, 11) is 1.46. The summed E-state index contributed by atoms with van der Waals surface area (Å²) >= 11 is 0. The molecular formula is C19H17F3N4O3. The van der Waals surface area contributed by atoms with Gasteiger partial charge in [0.2, 0.25) is 5.91 Å². The summed E-state index contributed by atoms with van der Waals surface area (Å²) in [6.07, 6.45) is -4.89. The quantitative estimate of drug-likeness (QED) is 0.629. The Hall–Kier alpha value is -3.43. The Kier molecular flexibility index (Phi) is 5.81. The number of hydrogen-bond donors (Lipinski definition) is 0. The number of benzene rings is 2. The van der Waals surface area contributed by atoms with Gasteiger partial charge in [0.1, 0.15) is 11.3 Å². The first-order chi connectivity index (χ1) is 13.7. The predicted octanol–water partition coefficient (Wildman–Crippen LogP) is 2.74. The minimum absolute atomic E-state index is 0.000535. The van der Waals surface area contributed by atoms with Crippen molar-refractivity contribution in [2.45, 2.75) is 25.9 Å². The van der Waals surface area contributed by atoms with Crippen molar-refractivity contribution in [3.05, 3.63) is 64.4 Å². The molecule has 2 aromatic carbocycles. The smallest absolute Gasteiger partial charge is 0.405 e. The van der Waals surface area contributed by atoms with E-state index in [2.05, 4.69) is 15.0 Å². The van der Waals surface area contributed by atoms with E-state index in [1.54, 1.807) is 30.3 Å². The fraction of sp³-hybridized carbons (Fsp3) is 0.263. The molecule has 0 unspecified atom stereocenters. The number of para-hydroxylation sites is 1. The Morgan fingerprint density at radius 1 is 1.14 bits per heavy atom. The number of halogens is 3. The van der Waals surface area contributed by atoms with Crippen LogP contribution in [0.3, 0.4) is 0 Å². The van der Waals surface area contributed by atoms with Gasteiger partial charge in [0.25, 0.3) is 5.56 Å². The number of nitrogens with zero attached hydrogens (tertiary/aromatic N) is 4. The number of rotatable bonds is 6. The zero-order valence-corrected chi connectivity index (χ0v) is 15.4. The Labute approximate surface area is 163 Å². The molecule has 0 atom stereocenters. The van der Waals surface area contributed by atoms with E-state index in [9.17, 15) is 22.8 Å². The maximum atomic E-state index is 12.5. The SMILES string of the molecule is CN(Cc1ccccc1OC(F)(F)F)C(=O)CCn1nnc2ccccc2c1=O. The van der Waals surface area contributed by atoms with Gasteiger partial charge in [-0.15, -0.1) is 18.3 Å². The van der Waals surface area contributed by atoms with Gasteiger partial charge in [0.15, 0.2) is 0 Å². The van der Waals surface area contributed by atoms with Gasteiger partial charge in [-0.25, -0.2) is 4.68 Å². The van der Waals surface area contributed by atoms with Gasteiger partial charge in [0, 0.05) is 25.6 Å². The number of carbonyl (C=O) groups is 1. The van der Waals surface area contributed by atoms with Crippen LogP contribution in [0.5, 0.6) is 5.75 Å². The number of ether oxygens (including phenoxy) is 1. The lowest BCUT2D eigenvalue weighted by molar-refractivity contribution is -0.275. The highest BCUT2D eigenvalue weighted by molar-refractivity contribution is 5.77. The summed E-state index contributed by atoms with van der Waals surface area (Å²) in [6, 6.07) is 12.3. The number of alkyl halides is 3. The van der Waals surface area contributed by atoms with E-state index >= 15 is 0 Å². The molecule has 0 N–H and O–H groups in total. The predicted molar refractivity (Wildman–Crippen MR) is 98.0 cm³/mol. The third-order valence-electron chi connectivity index (χ3n) is 4.20. The van der Waals surface area contributed by atoms with Gasteiger partial charge < -0.3 is 9.64 Å². The Balaban J connectivity index is 1.66. The van der Waals surface area contributed by atoms with Crippen LogP contribution in [0.4, 0.5) is 13.2 Å². The minimum atomic E-state index is -4.82. The maximum absolute atomic E-state index is 12.5. The van der Waals surface area contributed by atoms with Gasteiger partial charge in [-0.05, 0) is 18.2 Å². The number of aromatic nitrogens is 3. The number of aryl methyl sites for hydroxylation is 1. The van der Waals surface area contributed by atoms with Gasteiger partial charge in [0.05, 0.1) is 11.9 Å². The average molecular weight is 406 g/mol. The zero-order chi connectivity index (χ0) is 21.0. The summed E-state index contributed by atoms with van der Waals surface area (Å²) in [5, 5.41) is 8.15. The number of hydrogen-bond acceptors (Lipinski definition) is 5. The Bertz CT molecular complexity index is 1080. The zero-order valence-electron chi connectivity index (χ0n) is 15.4. The fourth-order valence-corrected chi connectivity index (χ4v) is 2.76. The van der Waals surface area contributed by atoms with Crippen molar-refractivity contribution < 1.29 is 22.7 Å². The molecule has 0 saturated heterocycles. The van der Waals surface area contributed by atoms with Gasteiger partial charge in [-0.1, -0.05) is 35.5 Å². The van der Waals surface area contributed by atoms with E-state index in [0.29, 0.717) is 10.9 Å². The van der Waals surface area contributed by atoms with Gasteiger partial charge in [-0.2, -0.15) is 0 Å². The molecule has 1 heterocycles. The number of amides is 1. The molecule has 29 heavy (non-hydrogen) atoms. The molecule has 0 aliphatic carbocycles. The van der Waals surface area contributed by atoms with Crippen molar-refractivity contribution in [3.63, 3.8) is 0 Å². The standard InChI is InChI=1S/C19H17F3N4O3/c1-25(12-13-6-2-5-9-16(13)29-19(20,21)22)17(27)10-11-26-18(28)14-7-3-4-8-15(14)23-24-26/h2-9H,10-12H2,1H3. The van der Waals surface area contributed by atoms with E-state index in [0.717, 1.165) is 4.68 Å². The van der Waals surface area contributed by atoms with E-state index in [-0.39, 0.29) is 42.3 Å². The second-order valence-electron chi connectivity index (χ2n) is 6.29. The van der Waals surface area contributed by atoms with Crippen LogP contribution in [0.25, 0.3) is 10.9 Å². The summed E-state index contributed by atoms with van der Waals surface area (Å²) in [5.41, 5.74) is 0.303. The van der Waals surface area contributed by atoms with Crippen LogP contribution in [0, 0.1) is 0 Å². The second-order valence-corrected chi connectivity index (χ2v) is 6.29. The first-order valence-corrected chi connectivity index (χ1v) is 8.65. The largest absolute Gasteiger partial charge is 0.573 e. The highest BCUT2D eigenvalue weighted by Gasteiger charge is 2.32. The molecule has 3 aromatic rings. The highest BCUT2D eigenvalue weighted by atomic mass is 19.4. The highest BCUT2D eigenvalue weighted by Crippen LogP contribution is 2.27. The van der Waals surface area contributed by atoms with Crippen LogP contribution >= 0.6 is 0 Å². The van der Waals surface area contributed by atoms with E-state index < -0.39 is 6.36 Å². The van der Waals surface area contributed by atoms with Gasteiger partial charge in [-0.3, -0.25) is 9.59 Å². The first kappa shape index (κ1) is 20.3. The van der Waals surface area contributed by atoms with Crippen molar-refractivity contribution in [2.75, 3.05) is 7.05 Å². The average Bonchev–Trinajstić information content (AvgIpc) is 2.68. The molecule has 3 rings (SSSR count). The van der Waals surface area contributed by atoms with Crippen LogP contribution in [0.2, 0.25) is 0 Å². The fourth-order valence-electron chi connectivity index (χ4n) is 2.76. The topological polar surface area (TPSA) is 77.3 Å². The van der Waals surface area contributed by atoms with Crippen molar-refractivity contribution in [2.24, 2.45) is 0 Å². The maximum Gasteiger partial charge on any atom is 0.573 e. The van der Waals surface area contributed by atoms with Crippen molar-refractivity contribution in [1.82, 2.24) is 19.9 Å². The lowest BCUT2D eigenvalue weighted by Crippen LogP contribution is -2.31. The van der Waals surface area contributed by atoms with Crippen LogP contribution < -0.4 is 10.3 Å². The summed E-state index contributed by atoms with van der Waals surface area (Å²) < 4.78 is 42.7. The molecule has 0 aliphatic rings. The molecule has 0 bridgehead atoms. The first-order valence-electron chi connectivity index (χ1n) is 8.65. The van der Waals surface area contributed by atoms with Crippen LogP contribution in [0.15, 0.2) is 53.3 Å². The minimum Gasteiger partial charge on any atom is -0.405 e. The molecule has 0 aliphatic heterocycles. The normalized spacial score (nSPS) is 11.4. The summed E-state index contributed by atoms with van der Waals surface area (Å²) in [5.74, 6) is -0.732. The van der Waals surface area contributed by atoms with Crippen molar-refractivity contribution >= 4 is 16.8 Å². The number of fused-ring (bicyclic) bond motifs is 1. The van der Waals surface area contributed by atoms with Crippen LogP contribution in [-0.2, 0) is 17.9 Å². The molecule has 7 nitrogen and oxygen atoms in total. The van der Waals surface area contributed by atoms with E-state index in [1.165, 1.54) is 30.1 Å². The summed E-state index contributed by atoms with van der Waals surface area (Å²) in [6.45, 7) is -0.0794. The molecular weight excluding hydrogens is 389 g/mol.